The molecule has 2 aromatic rings. The molecule has 2 heterocycles. The van der Waals surface area contributed by atoms with Gasteiger partial charge in [0.2, 0.25) is 0 Å². The minimum absolute atomic E-state index is 0.278. The third kappa shape index (κ3) is 1.29. The number of aryl methyl sites for hydroxylation is 1. The zero-order valence-corrected chi connectivity index (χ0v) is 8.22. The number of aromatic hydroxyl groups is 1. The Labute approximate surface area is 87.2 Å². The fraction of sp³-hybridized carbons (Fsp3) is 0.273. The van der Waals surface area contributed by atoms with E-state index in [1.165, 1.54) is 0 Å². The van der Waals surface area contributed by atoms with E-state index in [0.29, 0.717) is 0 Å². The summed E-state index contributed by atoms with van der Waals surface area (Å²) in [5.41, 5.74) is 1.01. The molecule has 0 bridgehead atoms. The van der Waals surface area contributed by atoms with Gasteiger partial charge in [0, 0.05) is 18.5 Å². The number of hydrogen-bond acceptors (Lipinski definition) is 3. The molecule has 0 radical (unpaired) electrons. The molecule has 0 spiro atoms. The molecular weight excluding hydrogens is 190 g/mol. The van der Waals surface area contributed by atoms with Crippen LogP contribution >= 0.6 is 0 Å². The predicted octanol–water partition coefficient (Wildman–Crippen LogP) is 1.60. The number of rotatable bonds is 1. The fourth-order valence-corrected chi connectivity index (χ4v) is 1.97. The predicted molar refractivity (Wildman–Crippen MR) is 55.4 cm³/mol. The molecule has 1 aromatic heterocycles. The van der Waals surface area contributed by atoms with Crippen LogP contribution in [0.2, 0.25) is 0 Å². The van der Waals surface area contributed by atoms with Crippen LogP contribution in [-0.4, -0.2) is 19.9 Å². The highest BCUT2D eigenvalue weighted by atomic mass is 16.3. The van der Waals surface area contributed by atoms with Crippen molar-refractivity contribution < 1.29 is 5.11 Å². The standard InChI is InChI=1S/C11H11N3O/c15-9-5-3-8(4-6-9)11-13-12-10-2-1-7-14(10)11/h3-6,15H,1-2,7H2. The molecular formula is C11H11N3O. The smallest absolute Gasteiger partial charge is 0.163 e. The first kappa shape index (κ1) is 8.47. The molecule has 1 aromatic carbocycles. The number of nitrogens with zero attached hydrogens (tertiary/aromatic N) is 3. The van der Waals surface area contributed by atoms with E-state index in [1.54, 1.807) is 12.1 Å². The Balaban J connectivity index is 2.09. The van der Waals surface area contributed by atoms with E-state index >= 15 is 0 Å². The Kier molecular flexibility index (Phi) is 1.74. The topological polar surface area (TPSA) is 50.9 Å². The summed E-state index contributed by atoms with van der Waals surface area (Å²) in [5.74, 6) is 2.25. The van der Waals surface area contributed by atoms with Crippen LogP contribution in [0.5, 0.6) is 5.75 Å². The summed E-state index contributed by atoms with van der Waals surface area (Å²) < 4.78 is 2.15. The quantitative estimate of drug-likeness (QED) is 0.762. The first-order chi connectivity index (χ1) is 7.34. The van der Waals surface area contributed by atoms with Crippen molar-refractivity contribution in [1.29, 1.82) is 0 Å². The van der Waals surface area contributed by atoms with Gasteiger partial charge in [0.05, 0.1) is 0 Å². The van der Waals surface area contributed by atoms with E-state index in [1.807, 2.05) is 12.1 Å². The van der Waals surface area contributed by atoms with Crippen molar-refractivity contribution >= 4 is 0 Å². The molecule has 0 atom stereocenters. The first-order valence-corrected chi connectivity index (χ1v) is 5.06. The average Bonchev–Trinajstić information content (AvgIpc) is 2.80. The van der Waals surface area contributed by atoms with Gasteiger partial charge in [-0.15, -0.1) is 10.2 Å². The van der Waals surface area contributed by atoms with Crippen molar-refractivity contribution in [2.24, 2.45) is 0 Å². The monoisotopic (exact) mass is 201 g/mol. The summed E-state index contributed by atoms with van der Waals surface area (Å²) in [4.78, 5) is 0. The lowest BCUT2D eigenvalue weighted by atomic mass is 10.2. The Bertz CT molecular complexity index is 487. The van der Waals surface area contributed by atoms with E-state index in [2.05, 4.69) is 14.8 Å². The maximum Gasteiger partial charge on any atom is 0.163 e. The van der Waals surface area contributed by atoms with Crippen molar-refractivity contribution in [3.63, 3.8) is 0 Å². The van der Waals surface area contributed by atoms with Gasteiger partial charge in [-0.2, -0.15) is 0 Å². The van der Waals surface area contributed by atoms with Gasteiger partial charge in [-0.05, 0) is 30.7 Å². The summed E-state index contributed by atoms with van der Waals surface area (Å²) in [5, 5.41) is 17.5. The van der Waals surface area contributed by atoms with Crippen LogP contribution in [0.1, 0.15) is 12.2 Å². The highest BCUT2D eigenvalue weighted by Crippen LogP contribution is 2.24. The molecule has 3 rings (SSSR count). The van der Waals surface area contributed by atoms with Crippen LogP contribution in [0.4, 0.5) is 0 Å². The van der Waals surface area contributed by atoms with Crippen LogP contribution in [0.25, 0.3) is 11.4 Å². The SMILES string of the molecule is Oc1ccc(-c2nnc3n2CCC3)cc1. The van der Waals surface area contributed by atoms with Crippen molar-refractivity contribution in [1.82, 2.24) is 14.8 Å². The zero-order chi connectivity index (χ0) is 10.3. The highest BCUT2D eigenvalue weighted by molar-refractivity contribution is 5.56. The molecule has 0 saturated heterocycles. The number of hydrogen-bond donors (Lipinski definition) is 1. The second-order valence-electron chi connectivity index (χ2n) is 3.74. The zero-order valence-electron chi connectivity index (χ0n) is 8.22. The van der Waals surface area contributed by atoms with E-state index in [-0.39, 0.29) is 5.75 Å². The largest absolute Gasteiger partial charge is 0.508 e. The lowest BCUT2D eigenvalue weighted by molar-refractivity contribution is 0.475. The Hall–Kier alpha value is -1.84. The molecule has 0 fully saturated rings. The molecule has 1 aliphatic heterocycles. The van der Waals surface area contributed by atoms with Gasteiger partial charge >= 0.3 is 0 Å². The Morgan fingerprint density at radius 2 is 1.93 bits per heavy atom. The summed E-state index contributed by atoms with van der Waals surface area (Å²) in [6, 6.07) is 7.08. The third-order valence-electron chi connectivity index (χ3n) is 2.74. The number of phenols is 1. The van der Waals surface area contributed by atoms with Crippen molar-refractivity contribution in [2.45, 2.75) is 19.4 Å². The van der Waals surface area contributed by atoms with Crippen molar-refractivity contribution in [3.8, 4) is 17.1 Å². The van der Waals surface area contributed by atoms with Crippen molar-refractivity contribution in [3.05, 3.63) is 30.1 Å². The van der Waals surface area contributed by atoms with Crippen LogP contribution < -0.4 is 0 Å². The van der Waals surface area contributed by atoms with Crippen LogP contribution in [-0.2, 0) is 13.0 Å². The Morgan fingerprint density at radius 3 is 2.73 bits per heavy atom. The Morgan fingerprint density at radius 1 is 1.13 bits per heavy atom. The molecule has 76 valence electrons. The molecule has 4 nitrogen and oxygen atoms in total. The van der Waals surface area contributed by atoms with E-state index in [9.17, 15) is 5.11 Å². The van der Waals surface area contributed by atoms with Crippen molar-refractivity contribution in [2.75, 3.05) is 0 Å². The number of benzene rings is 1. The molecule has 1 aliphatic rings. The fourth-order valence-electron chi connectivity index (χ4n) is 1.97. The van der Waals surface area contributed by atoms with Crippen LogP contribution in [0.15, 0.2) is 24.3 Å². The third-order valence-corrected chi connectivity index (χ3v) is 2.74. The lowest BCUT2D eigenvalue weighted by Crippen LogP contribution is -1.95. The second-order valence-corrected chi connectivity index (χ2v) is 3.74. The summed E-state index contributed by atoms with van der Waals surface area (Å²) in [6.45, 7) is 0.999. The summed E-state index contributed by atoms with van der Waals surface area (Å²) in [7, 11) is 0. The first-order valence-electron chi connectivity index (χ1n) is 5.06. The molecule has 1 N–H and O–H groups in total. The summed E-state index contributed by atoms with van der Waals surface area (Å²) >= 11 is 0. The molecule has 0 unspecified atom stereocenters. The molecule has 4 heteroatoms. The average molecular weight is 201 g/mol. The molecule has 15 heavy (non-hydrogen) atoms. The molecule has 0 saturated carbocycles. The van der Waals surface area contributed by atoms with Gasteiger partial charge in [-0.25, -0.2) is 0 Å². The normalized spacial score (nSPS) is 14.1. The van der Waals surface area contributed by atoms with Gasteiger partial charge in [0.25, 0.3) is 0 Å². The molecule has 0 amide bonds. The van der Waals surface area contributed by atoms with E-state index in [4.69, 9.17) is 0 Å². The number of phenolic OH excluding ortho intramolecular Hbond substituents is 1. The van der Waals surface area contributed by atoms with E-state index < -0.39 is 0 Å². The maximum absolute atomic E-state index is 9.20. The number of fused-ring (bicyclic) bond motifs is 1. The minimum Gasteiger partial charge on any atom is -0.508 e. The summed E-state index contributed by atoms with van der Waals surface area (Å²) in [6.07, 6.45) is 2.17. The second kappa shape index (κ2) is 3.08. The van der Waals surface area contributed by atoms with Gasteiger partial charge in [0.1, 0.15) is 11.6 Å². The van der Waals surface area contributed by atoms with E-state index in [0.717, 1.165) is 36.6 Å². The maximum atomic E-state index is 9.20. The minimum atomic E-state index is 0.278. The van der Waals surface area contributed by atoms with Crippen LogP contribution in [0.3, 0.4) is 0 Å². The van der Waals surface area contributed by atoms with Gasteiger partial charge in [0.15, 0.2) is 5.82 Å². The lowest BCUT2D eigenvalue weighted by Gasteiger charge is -2.02. The number of aromatic nitrogens is 3. The van der Waals surface area contributed by atoms with Gasteiger partial charge in [-0.3, -0.25) is 0 Å². The van der Waals surface area contributed by atoms with Crippen LogP contribution in [0, 0.1) is 0 Å². The highest BCUT2D eigenvalue weighted by Gasteiger charge is 2.17. The van der Waals surface area contributed by atoms with Gasteiger partial charge < -0.3 is 9.67 Å². The molecule has 0 aliphatic carbocycles. The van der Waals surface area contributed by atoms with Gasteiger partial charge in [-0.1, -0.05) is 0 Å².